The number of hydrogen-bond acceptors (Lipinski definition) is 5. The lowest BCUT2D eigenvalue weighted by Crippen LogP contribution is -2.48. The normalized spacial score (nSPS) is 21.1. The Labute approximate surface area is 160 Å². The van der Waals surface area contributed by atoms with Gasteiger partial charge in [0.05, 0.1) is 17.1 Å². The maximum atomic E-state index is 12.9. The molecule has 1 aliphatic heterocycles. The number of amides is 2. The van der Waals surface area contributed by atoms with E-state index in [-0.39, 0.29) is 54.0 Å². The van der Waals surface area contributed by atoms with Crippen LogP contribution in [0.5, 0.6) is 0 Å². The average Bonchev–Trinajstić information content (AvgIpc) is 2.58. The molecule has 2 atom stereocenters. The molecule has 0 saturated carbocycles. The third-order valence-electron chi connectivity index (χ3n) is 4.03. The molecule has 0 bridgehead atoms. The quantitative estimate of drug-likeness (QED) is 0.729. The molecule has 2 rings (SSSR count). The van der Waals surface area contributed by atoms with Gasteiger partial charge in [0.2, 0.25) is 15.9 Å². The van der Waals surface area contributed by atoms with Crippen LogP contribution < -0.4 is 10.9 Å². The van der Waals surface area contributed by atoms with Gasteiger partial charge in [0.1, 0.15) is 0 Å². The zero-order valence-electron chi connectivity index (χ0n) is 16.1. The first-order chi connectivity index (χ1) is 12.6. The lowest BCUT2D eigenvalue weighted by molar-refractivity contribution is -0.122. The smallest absolute Gasteiger partial charge is 0.269 e. The first-order valence-electron chi connectivity index (χ1n) is 8.94. The van der Waals surface area contributed by atoms with Crippen LogP contribution in [0.15, 0.2) is 29.2 Å². The van der Waals surface area contributed by atoms with Crippen LogP contribution >= 0.6 is 0 Å². The van der Waals surface area contributed by atoms with Crippen LogP contribution in [0.25, 0.3) is 0 Å². The standard InChI is InChI=1S/C18H27N3O5S/c1-12(2)8-17(22)19-20-18(23)15-6-5-7-16(9-15)27(24,25)21-10-13(3)26-14(4)11-21/h5-7,9,12-14H,8,10-11H2,1-4H3,(H,19,22)(H,20,23). The van der Waals surface area contributed by atoms with Gasteiger partial charge in [-0.3, -0.25) is 20.4 Å². The summed E-state index contributed by atoms with van der Waals surface area (Å²) in [4.78, 5) is 23.9. The minimum atomic E-state index is -3.75. The van der Waals surface area contributed by atoms with Crippen LogP contribution in [0, 0.1) is 5.92 Å². The largest absolute Gasteiger partial charge is 0.373 e. The van der Waals surface area contributed by atoms with E-state index in [1.54, 1.807) is 0 Å². The van der Waals surface area contributed by atoms with Crippen molar-refractivity contribution in [3.63, 3.8) is 0 Å². The molecule has 150 valence electrons. The lowest BCUT2D eigenvalue weighted by atomic mass is 10.1. The maximum Gasteiger partial charge on any atom is 0.269 e. The minimum Gasteiger partial charge on any atom is -0.373 e. The van der Waals surface area contributed by atoms with Gasteiger partial charge in [0.25, 0.3) is 5.91 Å². The number of ether oxygens (including phenoxy) is 1. The van der Waals surface area contributed by atoms with E-state index in [1.807, 2.05) is 27.7 Å². The van der Waals surface area contributed by atoms with Crippen molar-refractivity contribution in [2.24, 2.45) is 5.92 Å². The number of carbonyl (C=O) groups excluding carboxylic acids is 2. The molecule has 2 N–H and O–H groups in total. The van der Waals surface area contributed by atoms with E-state index in [9.17, 15) is 18.0 Å². The van der Waals surface area contributed by atoms with Gasteiger partial charge in [0.15, 0.2) is 0 Å². The molecule has 1 heterocycles. The van der Waals surface area contributed by atoms with Crippen molar-refractivity contribution in [3.8, 4) is 0 Å². The van der Waals surface area contributed by atoms with Gasteiger partial charge in [-0.25, -0.2) is 8.42 Å². The van der Waals surface area contributed by atoms with Gasteiger partial charge in [-0.1, -0.05) is 19.9 Å². The molecule has 1 aliphatic rings. The topological polar surface area (TPSA) is 105 Å². The number of nitrogens with one attached hydrogen (secondary N) is 2. The van der Waals surface area contributed by atoms with Crippen LogP contribution in [-0.2, 0) is 19.6 Å². The highest BCUT2D eigenvalue weighted by atomic mass is 32.2. The fourth-order valence-corrected chi connectivity index (χ4v) is 4.53. The third-order valence-corrected chi connectivity index (χ3v) is 5.86. The van der Waals surface area contributed by atoms with Gasteiger partial charge >= 0.3 is 0 Å². The molecular formula is C18H27N3O5S. The van der Waals surface area contributed by atoms with Crippen LogP contribution in [0.4, 0.5) is 0 Å². The maximum absolute atomic E-state index is 12.9. The zero-order valence-corrected chi connectivity index (χ0v) is 16.9. The summed E-state index contributed by atoms with van der Waals surface area (Å²) in [6.45, 7) is 7.94. The highest BCUT2D eigenvalue weighted by molar-refractivity contribution is 7.89. The van der Waals surface area contributed by atoms with Gasteiger partial charge < -0.3 is 4.74 Å². The summed E-state index contributed by atoms with van der Waals surface area (Å²) in [6, 6.07) is 5.76. The number of carbonyl (C=O) groups is 2. The Morgan fingerprint density at radius 1 is 1.19 bits per heavy atom. The molecule has 2 unspecified atom stereocenters. The van der Waals surface area contributed by atoms with E-state index in [1.165, 1.54) is 28.6 Å². The minimum absolute atomic E-state index is 0.0324. The van der Waals surface area contributed by atoms with Gasteiger partial charge in [-0.15, -0.1) is 0 Å². The number of sulfonamides is 1. The van der Waals surface area contributed by atoms with Gasteiger partial charge in [-0.2, -0.15) is 4.31 Å². The van der Waals surface area contributed by atoms with E-state index in [0.717, 1.165) is 0 Å². The Hall–Kier alpha value is -1.97. The molecule has 0 aliphatic carbocycles. The molecule has 1 saturated heterocycles. The molecular weight excluding hydrogens is 370 g/mol. The number of benzene rings is 1. The number of morpholine rings is 1. The van der Waals surface area contributed by atoms with E-state index in [0.29, 0.717) is 0 Å². The Morgan fingerprint density at radius 2 is 1.81 bits per heavy atom. The second kappa shape index (κ2) is 8.81. The molecule has 0 radical (unpaired) electrons. The summed E-state index contributed by atoms with van der Waals surface area (Å²) < 4.78 is 32.8. The Bertz CT molecular complexity index is 784. The average molecular weight is 397 g/mol. The summed E-state index contributed by atoms with van der Waals surface area (Å²) in [7, 11) is -3.75. The fourth-order valence-electron chi connectivity index (χ4n) is 2.89. The predicted octanol–water partition coefficient (Wildman–Crippen LogP) is 1.29. The predicted molar refractivity (Wildman–Crippen MR) is 100 cm³/mol. The Balaban J connectivity index is 2.12. The van der Waals surface area contributed by atoms with E-state index >= 15 is 0 Å². The van der Waals surface area contributed by atoms with Gasteiger partial charge in [-0.05, 0) is 38.0 Å². The van der Waals surface area contributed by atoms with Gasteiger partial charge in [0, 0.05) is 25.1 Å². The SMILES string of the molecule is CC(C)CC(=O)NNC(=O)c1cccc(S(=O)(=O)N2CC(C)OC(C)C2)c1. The van der Waals surface area contributed by atoms with E-state index in [4.69, 9.17) is 4.74 Å². The summed E-state index contributed by atoms with van der Waals surface area (Å²) in [5, 5.41) is 0. The number of rotatable bonds is 5. The molecule has 8 nitrogen and oxygen atoms in total. The molecule has 0 spiro atoms. The summed E-state index contributed by atoms with van der Waals surface area (Å²) >= 11 is 0. The Kier molecular flexibility index (Phi) is 6.96. The molecule has 0 aromatic heterocycles. The van der Waals surface area contributed by atoms with Crippen molar-refractivity contribution in [2.75, 3.05) is 13.1 Å². The van der Waals surface area contributed by atoms with Crippen LogP contribution in [0.2, 0.25) is 0 Å². The van der Waals surface area contributed by atoms with Crippen LogP contribution in [0.1, 0.15) is 44.5 Å². The molecule has 1 fully saturated rings. The molecule has 2 amide bonds. The first kappa shape index (κ1) is 21.3. The van der Waals surface area contributed by atoms with Crippen LogP contribution in [-0.4, -0.2) is 49.8 Å². The molecule has 1 aromatic carbocycles. The van der Waals surface area contributed by atoms with Crippen molar-refractivity contribution in [1.82, 2.24) is 15.2 Å². The zero-order chi connectivity index (χ0) is 20.2. The Morgan fingerprint density at radius 3 is 2.41 bits per heavy atom. The highest BCUT2D eigenvalue weighted by Gasteiger charge is 2.32. The fraction of sp³-hybridized carbons (Fsp3) is 0.556. The lowest BCUT2D eigenvalue weighted by Gasteiger charge is -2.34. The summed E-state index contributed by atoms with van der Waals surface area (Å²) in [5.74, 6) is -0.722. The number of hydrogen-bond donors (Lipinski definition) is 2. The number of nitrogens with zero attached hydrogens (tertiary/aromatic N) is 1. The number of hydrazine groups is 1. The van der Waals surface area contributed by atoms with Crippen molar-refractivity contribution in [3.05, 3.63) is 29.8 Å². The molecule has 1 aromatic rings. The first-order valence-corrected chi connectivity index (χ1v) is 10.4. The van der Waals surface area contributed by atoms with Crippen molar-refractivity contribution >= 4 is 21.8 Å². The van der Waals surface area contributed by atoms with E-state index in [2.05, 4.69) is 10.9 Å². The molecule has 27 heavy (non-hydrogen) atoms. The highest BCUT2D eigenvalue weighted by Crippen LogP contribution is 2.21. The molecule has 9 heteroatoms. The van der Waals surface area contributed by atoms with Crippen molar-refractivity contribution in [2.45, 2.75) is 51.2 Å². The second-order valence-corrected chi connectivity index (χ2v) is 9.15. The van der Waals surface area contributed by atoms with Crippen LogP contribution in [0.3, 0.4) is 0 Å². The second-order valence-electron chi connectivity index (χ2n) is 7.21. The monoisotopic (exact) mass is 397 g/mol. The van der Waals surface area contributed by atoms with E-state index < -0.39 is 15.9 Å². The third kappa shape index (κ3) is 5.75. The van der Waals surface area contributed by atoms with Crippen molar-refractivity contribution < 1.29 is 22.7 Å². The van der Waals surface area contributed by atoms with Crippen molar-refractivity contribution in [1.29, 1.82) is 0 Å². The summed E-state index contributed by atoms with van der Waals surface area (Å²) in [5.41, 5.74) is 4.79. The summed E-state index contributed by atoms with van der Waals surface area (Å²) in [6.07, 6.45) is -0.125.